The summed E-state index contributed by atoms with van der Waals surface area (Å²) in [7, 11) is 0. The number of anilines is 1. The molecule has 8 heteroatoms. The molecule has 0 saturated carbocycles. The average molecular weight is 498 g/mol. The van der Waals surface area contributed by atoms with Crippen molar-refractivity contribution in [1.82, 2.24) is 9.78 Å². The normalized spacial score (nSPS) is 13.7. The third-order valence-corrected chi connectivity index (χ3v) is 6.27. The second-order valence-electron chi connectivity index (χ2n) is 9.14. The van der Waals surface area contributed by atoms with Crippen LogP contribution in [-0.4, -0.2) is 21.6 Å². The lowest BCUT2D eigenvalue weighted by Crippen LogP contribution is -2.40. The van der Waals surface area contributed by atoms with Crippen molar-refractivity contribution >= 4 is 28.8 Å². The summed E-state index contributed by atoms with van der Waals surface area (Å²) in [4.78, 5) is 42.7. The lowest BCUT2D eigenvalue weighted by Gasteiger charge is -2.13. The number of aryl methyl sites for hydroxylation is 3. The fraction of sp³-hybridized carbons (Fsp3) is 0.172. The van der Waals surface area contributed by atoms with Crippen molar-refractivity contribution in [2.24, 2.45) is 0 Å². The first-order valence-corrected chi connectivity index (χ1v) is 12.1. The van der Waals surface area contributed by atoms with Gasteiger partial charge in [-0.05, 0) is 62.7 Å². The Morgan fingerprint density at radius 1 is 0.865 bits per heavy atom. The predicted octanol–water partition coefficient (Wildman–Crippen LogP) is 4.10. The Morgan fingerprint density at radius 2 is 1.51 bits per heavy atom. The molecule has 3 heterocycles. The minimum absolute atomic E-state index is 0.0173. The van der Waals surface area contributed by atoms with Gasteiger partial charge in [0.2, 0.25) is 0 Å². The number of H-pyrrole nitrogens is 1. The number of hydrogen-bond donors (Lipinski definition) is 1. The zero-order valence-electron chi connectivity index (χ0n) is 20.8. The smallest absolute Gasteiger partial charge is 0.294 e. The fourth-order valence-electron chi connectivity index (χ4n) is 4.78. The van der Waals surface area contributed by atoms with Crippen LogP contribution < -0.4 is 15.0 Å². The molecule has 0 aliphatic carbocycles. The molecule has 0 bridgehead atoms. The van der Waals surface area contributed by atoms with Crippen LogP contribution in [0, 0.1) is 19.7 Å². The van der Waals surface area contributed by atoms with Crippen molar-refractivity contribution in [2.45, 2.75) is 33.6 Å². The SMILES string of the molecule is CCCc1[nH]n(-c2ccccc2)c(=O)c1C1=C([n+]2cc(C)cc(C)c2)C(=O)N(c2ccc(F)cc2)C1=O. The van der Waals surface area contributed by atoms with Gasteiger partial charge in [-0.25, -0.2) is 14.0 Å². The van der Waals surface area contributed by atoms with Crippen LogP contribution >= 0.6 is 0 Å². The van der Waals surface area contributed by atoms with E-state index in [0.717, 1.165) is 16.0 Å². The number of carbonyl (C=O) groups excluding carboxylic acids is 2. The highest BCUT2D eigenvalue weighted by Gasteiger charge is 2.48. The van der Waals surface area contributed by atoms with E-state index in [1.165, 1.54) is 28.9 Å². The van der Waals surface area contributed by atoms with Gasteiger partial charge in [0.1, 0.15) is 11.4 Å². The second-order valence-corrected chi connectivity index (χ2v) is 9.14. The molecule has 0 saturated heterocycles. The van der Waals surface area contributed by atoms with Gasteiger partial charge in [-0.1, -0.05) is 31.5 Å². The van der Waals surface area contributed by atoms with Crippen LogP contribution in [0.2, 0.25) is 0 Å². The average Bonchev–Trinajstić information content (AvgIpc) is 3.32. The Balaban J connectivity index is 1.80. The molecule has 0 atom stereocenters. The number of nitrogens with zero attached hydrogens (tertiary/aromatic N) is 3. The summed E-state index contributed by atoms with van der Waals surface area (Å²) in [5, 5.41) is 3.17. The van der Waals surface area contributed by atoms with E-state index < -0.39 is 23.2 Å². The van der Waals surface area contributed by atoms with Crippen LogP contribution in [-0.2, 0) is 16.0 Å². The molecule has 0 unspecified atom stereocenters. The van der Waals surface area contributed by atoms with E-state index in [9.17, 15) is 18.8 Å². The number of rotatable bonds is 6. The molecule has 2 amide bonds. The van der Waals surface area contributed by atoms with Gasteiger partial charge in [0.25, 0.3) is 17.2 Å². The monoisotopic (exact) mass is 497 g/mol. The Kier molecular flexibility index (Phi) is 6.17. The molecule has 2 aromatic heterocycles. The zero-order valence-corrected chi connectivity index (χ0v) is 20.8. The summed E-state index contributed by atoms with van der Waals surface area (Å²) in [5.41, 5.74) is 3.02. The molecule has 0 fully saturated rings. The van der Waals surface area contributed by atoms with Gasteiger partial charge in [-0.2, -0.15) is 4.57 Å². The Labute approximate surface area is 213 Å². The highest BCUT2D eigenvalue weighted by molar-refractivity contribution is 6.53. The van der Waals surface area contributed by atoms with Gasteiger partial charge in [0.15, 0.2) is 12.4 Å². The molecular weight excluding hydrogens is 471 g/mol. The highest BCUT2D eigenvalue weighted by atomic mass is 19.1. The van der Waals surface area contributed by atoms with Crippen LogP contribution in [0.3, 0.4) is 0 Å². The molecule has 4 aromatic rings. The summed E-state index contributed by atoms with van der Waals surface area (Å²) in [6.45, 7) is 5.76. The van der Waals surface area contributed by atoms with Crippen LogP contribution in [0.15, 0.2) is 77.9 Å². The lowest BCUT2D eigenvalue weighted by atomic mass is 10.0. The molecule has 186 valence electrons. The van der Waals surface area contributed by atoms with E-state index >= 15 is 0 Å². The van der Waals surface area contributed by atoms with E-state index in [2.05, 4.69) is 5.10 Å². The highest BCUT2D eigenvalue weighted by Crippen LogP contribution is 2.34. The third kappa shape index (κ3) is 4.20. The number of amides is 2. The number of hydrogen-bond acceptors (Lipinski definition) is 3. The largest absolute Gasteiger partial charge is 0.331 e. The van der Waals surface area contributed by atoms with Gasteiger partial charge in [-0.3, -0.25) is 19.5 Å². The van der Waals surface area contributed by atoms with Gasteiger partial charge in [0, 0.05) is 16.8 Å². The molecule has 2 aromatic carbocycles. The van der Waals surface area contributed by atoms with Crippen molar-refractivity contribution in [3.05, 3.63) is 112 Å². The first-order valence-electron chi connectivity index (χ1n) is 12.1. The maximum Gasteiger partial charge on any atom is 0.331 e. The van der Waals surface area contributed by atoms with Crippen molar-refractivity contribution < 1.29 is 18.5 Å². The quantitative estimate of drug-likeness (QED) is 0.322. The maximum atomic E-state index is 14.0. The van der Waals surface area contributed by atoms with Crippen LogP contribution in [0.1, 0.15) is 35.7 Å². The van der Waals surface area contributed by atoms with Crippen LogP contribution in [0.4, 0.5) is 10.1 Å². The Morgan fingerprint density at radius 3 is 2.14 bits per heavy atom. The number of halogens is 1. The van der Waals surface area contributed by atoms with Crippen molar-refractivity contribution in [2.75, 3.05) is 4.90 Å². The van der Waals surface area contributed by atoms with Gasteiger partial charge < -0.3 is 0 Å². The molecule has 7 nitrogen and oxygen atoms in total. The summed E-state index contributed by atoms with van der Waals surface area (Å²) >= 11 is 0. The first kappa shape index (κ1) is 24.1. The number of carbonyl (C=O) groups is 2. The van der Waals surface area contributed by atoms with Gasteiger partial charge in [0.05, 0.1) is 16.9 Å². The predicted molar refractivity (Wildman–Crippen MR) is 138 cm³/mol. The number of aromatic amines is 1. The van der Waals surface area contributed by atoms with E-state index in [1.54, 1.807) is 29.1 Å². The standard InChI is InChI=1S/C29H25FN4O3/c1-4-8-23-24(28(36)34(31-23)22-9-6-5-7-10-22)25-26(32-16-18(2)15-19(3)17-32)29(37)33(27(25)35)21-13-11-20(30)12-14-21/h5-7,9-17H,4,8H2,1-3H3/p+1. The summed E-state index contributed by atoms with van der Waals surface area (Å²) < 4.78 is 16.7. The minimum Gasteiger partial charge on any atom is -0.294 e. The summed E-state index contributed by atoms with van der Waals surface area (Å²) in [6, 6.07) is 16.2. The maximum absolute atomic E-state index is 14.0. The first-order chi connectivity index (χ1) is 17.8. The van der Waals surface area contributed by atoms with Crippen LogP contribution in [0.25, 0.3) is 17.0 Å². The number of pyridine rings is 1. The number of aromatic nitrogens is 3. The van der Waals surface area contributed by atoms with Crippen molar-refractivity contribution in [3.63, 3.8) is 0 Å². The van der Waals surface area contributed by atoms with E-state index in [-0.39, 0.29) is 22.5 Å². The van der Waals surface area contributed by atoms with Gasteiger partial charge in [-0.15, -0.1) is 0 Å². The fourth-order valence-corrected chi connectivity index (χ4v) is 4.78. The molecule has 5 rings (SSSR count). The summed E-state index contributed by atoms with van der Waals surface area (Å²) in [5.74, 6) is -1.70. The number of nitrogens with one attached hydrogen (secondary N) is 1. The third-order valence-electron chi connectivity index (χ3n) is 6.27. The van der Waals surface area contributed by atoms with E-state index in [1.807, 2.05) is 45.0 Å². The van der Waals surface area contributed by atoms with Gasteiger partial charge >= 0.3 is 5.91 Å². The molecule has 1 aliphatic rings. The number of para-hydroxylation sites is 1. The molecule has 1 aliphatic heterocycles. The Hall–Kier alpha value is -4.59. The number of benzene rings is 2. The minimum atomic E-state index is -0.632. The zero-order chi connectivity index (χ0) is 26.3. The Bertz CT molecular complexity index is 1600. The topological polar surface area (TPSA) is 79.1 Å². The van der Waals surface area contributed by atoms with Crippen molar-refractivity contribution in [3.8, 4) is 5.69 Å². The molecule has 0 radical (unpaired) electrons. The van der Waals surface area contributed by atoms with Crippen molar-refractivity contribution in [1.29, 1.82) is 0 Å². The molecular formula is C29H26FN4O3+. The van der Waals surface area contributed by atoms with Crippen LogP contribution in [0.5, 0.6) is 0 Å². The number of imide groups is 1. The van der Waals surface area contributed by atoms with E-state index in [0.29, 0.717) is 24.2 Å². The summed E-state index contributed by atoms with van der Waals surface area (Å²) in [6.07, 6.45) is 4.72. The molecule has 1 N–H and O–H groups in total. The van der Waals surface area contributed by atoms with E-state index in [4.69, 9.17) is 0 Å². The molecule has 37 heavy (non-hydrogen) atoms. The second kappa shape index (κ2) is 9.46. The lowest BCUT2D eigenvalue weighted by molar-refractivity contribution is -0.577. The molecule has 0 spiro atoms.